The first-order valence-electron chi connectivity index (χ1n) is 19.4. The second-order valence-corrected chi connectivity index (χ2v) is 16.2. The Balaban J connectivity index is 1.98. The fourth-order valence-corrected chi connectivity index (χ4v) is 8.32. The summed E-state index contributed by atoms with van der Waals surface area (Å²) in [6.07, 6.45) is 0.200. The molecule has 1 aromatic heterocycles. The van der Waals surface area contributed by atoms with Crippen LogP contribution in [-0.2, 0) is 38.1 Å². The van der Waals surface area contributed by atoms with E-state index in [2.05, 4.69) is 21.8 Å². The second-order valence-electron chi connectivity index (χ2n) is 16.2. The van der Waals surface area contributed by atoms with Gasteiger partial charge in [0.05, 0.1) is 37.1 Å². The summed E-state index contributed by atoms with van der Waals surface area (Å²) in [5, 5.41) is 24.0. The highest BCUT2D eigenvalue weighted by molar-refractivity contribution is 6.00. The summed E-state index contributed by atoms with van der Waals surface area (Å²) in [7, 11) is 3.75. The van der Waals surface area contributed by atoms with Crippen molar-refractivity contribution in [1.82, 2.24) is 9.88 Å². The Morgan fingerprint density at radius 1 is 1.15 bits per heavy atom. The van der Waals surface area contributed by atoms with Crippen LogP contribution in [0.25, 0.3) is 0 Å². The number of aliphatic hydroxyl groups excluding tert-OH is 1. The molecule has 4 rings (SSSR count). The maximum absolute atomic E-state index is 14.4. The van der Waals surface area contributed by atoms with Crippen LogP contribution in [0.3, 0.4) is 0 Å². The molecule has 0 aliphatic carbocycles. The number of aliphatic hydroxyl groups is 2. The normalized spacial score (nSPS) is 39.7. The lowest BCUT2D eigenvalue weighted by atomic mass is 9.73. The molecule has 13 nitrogen and oxygen atoms in total. The number of carbonyl (C=O) groups is 3. The Labute approximate surface area is 326 Å². The molecular formula is C42H61N3O10. The second kappa shape index (κ2) is 18.7. The number of aromatic nitrogens is 1. The number of cyclic esters (lactones) is 1. The van der Waals surface area contributed by atoms with Crippen LogP contribution in [0.1, 0.15) is 87.1 Å². The summed E-state index contributed by atoms with van der Waals surface area (Å²) in [5.74, 6) is 1.05. The third-order valence-electron chi connectivity index (χ3n) is 11.3. The van der Waals surface area contributed by atoms with E-state index in [1.54, 1.807) is 45.3 Å². The average Bonchev–Trinajstić information content (AvgIpc) is 3.14. The predicted octanol–water partition coefficient (Wildman–Crippen LogP) is 3.92. The number of allylic oxidation sites excluding steroid dienone is 1. The third-order valence-corrected chi connectivity index (χ3v) is 11.3. The average molecular weight is 768 g/mol. The van der Waals surface area contributed by atoms with Gasteiger partial charge in [-0.25, -0.2) is 4.99 Å². The SMILES string of the molecule is CC[C@H]1OC(=O)[C@H](C)C(=O)[C@H](C)[C@@H](O[C@@H]2O[C@H](C)C[C@H](N(C)C)[C@H]2O)[C@@]2(C)C[C@@H](C)C(=NC(C)=O)[C@H](C)C(OC/C(=C\C#Cc3cccnc3)CO2)[C@]1(C)O. The number of hydrogen-bond acceptors (Lipinski definition) is 12. The Hall–Kier alpha value is -3.35. The molecule has 13 heteroatoms. The number of pyridine rings is 1. The van der Waals surface area contributed by atoms with Gasteiger partial charge in [0.2, 0.25) is 5.91 Å². The highest BCUT2D eigenvalue weighted by Crippen LogP contribution is 2.40. The number of ketones is 1. The summed E-state index contributed by atoms with van der Waals surface area (Å²) in [6, 6.07) is 3.33. The number of ether oxygens (including phenoxy) is 5. The molecule has 55 heavy (non-hydrogen) atoms. The molecule has 3 aliphatic rings. The number of carbonyl (C=O) groups excluding carboxylic acids is 3. The van der Waals surface area contributed by atoms with E-state index >= 15 is 0 Å². The van der Waals surface area contributed by atoms with Gasteiger partial charge in [-0.15, -0.1) is 0 Å². The van der Waals surface area contributed by atoms with E-state index in [4.69, 9.17) is 23.7 Å². The number of amides is 1. The maximum atomic E-state index is 14.4. The van der Waals surface area contributed by atoms with Gasteiger partial charge in [0.1, 0.15) is 23.7 Å². The van der Waals surface area contributed by atoms with Crippen molar-refractivity contribution >= 4 is 23.4 Å². The fourth-order valence-electron chi connectivity index (χ4n) is 8.32. The van der Waals surface area contributed by atoms with E-state index in [9.17, 15) is 24.6 Å². The standard InChI is InChI=1S/C42H61N3O10/c1-12-33-42(9,50)38-26(4)34(44-29(7)46)24(2)20-41(8,52-23-31(22-51-38)16-13-15-30-17-14-18-43-21-30)37(27(5)35(47)28(6)39(49)54-33)55-40-36(48)32(45(10)11)19-25(3)53-40/h14,16-18,21,24-28,32-33,36-38,40,48,50H,12,19-20,22-23H2,1-11H3/b31-16+,44-34?/t24-,25-,26+,27+,28-,32+,33-,36-,37-,38?,40+,41-,42-/m1/s1. The zero-order valence-electron chi connectivity index (χ0n) is 34.3. The van der Waals surface area contributed by atoms with Crippen LogP contribution in [0, 0.1) is 35.5 Å². The molecule has 2 N–H and O–H groups in total. The Kier molecular flexibility index (Phi) is 15.1. The molecule has 304 valence electrons. The third kappa shape index (κ3) is 10.5. The zero-order valence-corrected chi connectivity index (χ0v) is 34.3. The van der Waals surface area contributed by atoms with Crippen LogP contribution >= 0.6 is 0 Å². The minimum atomic E-state index is -1.80. The molecule has 0 spiro atoms. The molecule has 0 saturated carbocycles. The van der Waals surface area contributed by atoms with Gasteiger partial charge in [-0.2, -0.15) is 0 Å². The smallest absolute Gasteiger partial charge is 0.316 e. The van der Waals surface area contributed by atoms with Crippen LogP contribution in [0.4, 0.5) is 0 Å². The van der Waals surface area contributed by atoms with Gasteiger partial charge < -0.3 is 38.8 Å². The Morgan fingerprint density at radius 2 is 1.85 bits per heavy atom. The molecule has 1 aromatic rings. The minimum Gasteiger partial charge on any atom is -0.459 e. The first-order chi connectivity index (χ1) is 25.8. The molecule has 3 fully saturated rings. The molecule has 3 aliphatic heterocycles. The minimum absolute atomic E-state index is 0.0267. The van der Waals surface area contributed by atoms with Crippen LogP contribution in [0.2, 0.25) is 0 Å². The highest BCUT2D eigenvalue weighted by Gasteiger charge is 2.53. The van der Waals surface area contributed by atoms with Crippen molar-refractivity contribution in [2.75, 3.05) is 27.3 Å². The molecule has 0 radical (unpaired) electrons. The number of esters is 1. The summed E-state index contributed by atoms with van der Waals surface area (Å²) < 4.78 is 32.5. The van der Waals surface area contributed by atoms with Crippen molar-refractivity contribution in [3.05, 3.63) is 41.7 Å². The molecular weight excluding hydrogens is 706 g/mol. The van der Waals surface area contributed by atoms with E-state index < -0.39 is 83.2 Å². The Bertz CT molecular complexity index is 1630. The van der Waals surface area contributed by atoms with Gasteiger partial charge in [-0.1, -0.05) is 39.5 Å². The molecule has 2 bridgehead atoms. The predicted molar refractivity (Wildman–Crippen MR) is 206 cm³/mol. The largest absolute Gasteiger partial charge is 0.459 e. The number of hydrogen-bond donors (Lipinski definition) is 2. The summed E-state index contributed by atoms with van der Waals surface area (Å²) in [5.41, 5.74) is -1.38. The van der Waals surface area contributed by atoms with Gasteiger partial charge in [-0.05, 0) is 90.8 Å². The number of fused-ring (bicyclic) bond motifs is 5. The van der Waals surface area contributed by atoms with Gasteiger partial charge in [0.15, 0.2) is 12.1 Å². The topological polar surface area (TPSA) is 166 Å². The summed E-state index contributed by atoms with van der Waals surface area (Å²) >= 11 is 0. The van der Waals surface area contributed by atoms with Crippen molar-refractivity contribution < 1.29 is 48.3 Å². The molecule has 4 heterocycles. The van der Waals surface area contributed by atoms with Crippen molar-refractivity contribution in [2.45, 2.75) is 136 Å². The highest BCUT2D eigenvalue weighted by atomic mass is 16.7. The molecule has 3 saturated heterocycles. The lowest BCUT2D eigenvalue weighted by Gasteiger charge is -2.47. The monoisotopic (exact) mass is 767 g/mol. The van der Waals surface area contributed by atoms with Crippen molar-refractivity contribution in [3.8, 4) is 11.8 Å². The van der Waals surface area contributed by atoms with Crippen molar-refractivity contribution in [1.29, 1.82) is 0 Å². The van der Waals surface area contributed by atoms with E-state index in [0.29, 0.717) is 23.3 Å². The summed E-state index contributed by atoms with van der Waals surface area (Å²) in [6.45, 7) is 15.2. The van der Waals surface area contributed by atoms with Gasteiger partial charge >= 0.3 is 5.97 Å². The lowest BCUT2D eigenvalue weighted by molar-refractivity contribution is -0.296. The van der Waals surface area contributed by atoms with Crippen LogP contribution in [0.5, 0.6) is 0 Å². The maximum Gasteiger partial charge on any atom is 0.316 e. The van der Waals surface area contributed by atoms with E-state index in [1.807, 2.05) is 52.8 Å². The number of nitrogens with zero attached hydrogens (tertiary/aromatic N) is 3. The number of Topliss-reactive ketones (excluding diaryl/α,β-unsaturated/α-hetero) is 1. The Morgan fingerprint density at radius 3 is 2.47 bits per heavy atom. The first kappa shape index (κ1) is 44.4. The first-order valence-corrected chi connectivity index (χ1v) is 19.4. The summed E-state index contributed by atoms with van der Waals surface area (Å²) in [4.78, 5) is 51.6. The van der Waals surface area contributed by atoms with E-state index in [0.717, 1.165) is 0 Å². The van der Waals surface area contributed by atoms with Gasteiger partial charge in [0, 0.05) is 48.5 Å². The molecule has 13 atom stereocenters. The quantitative estimate of drug-likeness (QED) is 0.258. The van der Waals surface area contributed by atoms with Gasteiger partial charge in [0.25, 0.3) is 0 Å². The van der Waals surface area contributed by atoms with E-state index in [-0.39, 0.29) is 38.2 Å². The lowest BCUT2D eigenvalue weighted by Crippen LogP contribution is -2.60. The van der Waals surface area contributed by atoms with Crippen LogP contribution < -0.4 is 0 Å². The number of aliphatic imine (C=N–C) groups is 1. The van der Waals surface area contributed by atoms with Crippen molar-refractivity contribution in [3.63, 3.8) is 0 Å². The van der Waals surface area contributed by atoms with Gasteiger partial charge in [-0.3, -0.25) is 19.4 Å². The zero-order chi connectivity index (χ0) is 40.8. The molecule has 1 unspecified atom stereocenters. The van der Waals surface area contributed by atoms with Crippen LogP contribution in [-0.4, -0.2) is 125 Å². The molecule has 0 aromatic carbocycles. The number of rotatable bonds is 4. The van der Waals surface area contributed by atoms with Crippen molar-refractivity contribution in [2.24, 2.45) is 28.7 Å². The van der Waals surface area contributed by atoms with E-state index in [1.165, 1.54) is 13.8 Å². The fraction of sp³-hybridized carbons (Fsp3) is 0.690. The molecule has 1 amide bonds. The van der Waals surface area contributed by atoms with Crippen LogP contribution in [0.15, 0.2) is 41.2 Å². The number of likely N-dealkylation sites (N-methyl/N-ethyl adjacent to an activating group) is 1.